The number of hydrogen-bond donors (Lipinski definition) is 0. The molecule has 1 fully saturated rings. The van der Waals surface area contributed by atoms with Gasteiger partial charge in [0.2, 0.25) is 0 Å². The highest BCUT2D eigenvalue weighted by atomic mass is 14.8. The van der Waals surface area contributed by atoms with Crippen molar-refractivity contribution in [2.24, 2.45) is 9.98 Å². The number of hydrogen-bond acceptors (Lipinski definition) is 2. The Morgan fingerprint density at radius 2 is 1.83 bits per heavy atom. The summed E-state index contributed by atoms with van der Waals surface area (Å²) in [5, 5.41) is 0. The summed E-state index contributed by atoms with van der Waals surface area (Å²) in [6, 6.07) is 11.4. The van der Waals surface area contributed by atoms with E-state index in [-0.39, 0.29) is 0 Å². The van der Waals surface area contributed by atoms with Crippen LogP contribution in [0.1, 0.15) is 43.2 Å². The van der Waals surface area contributed by atoms with Crippen molar-refractivity contribution in [3.63, 3.8) is 0 Å². The van der Waals surface area contributed by atoms with E-state index in [1.807, 2.05) is 12.1 Å². The lowest BCUT2D eigenvalue weighted by Crippen LogP contribution is -2.08. The Labute approximate surface area is 109 Å². The number of aliphatic imine (C=N–C) groups is 2. The first-order chi connectivity index (χ1) is 8.75. The fourth-order valence-corrected chi connectivity index (χ4v) is 2.19. The van der Waals surface area contributed by atoms with Crippen LogP contribution in [0.2, 0.25) is 0 Å². The van der Waals surface area contributed by atoms with E-state index in [1.165, 1.54) is 37.7 Å². The largest absolute Gasteiger partial charge is 0.222 e. The molecule has 0 N–H and O–H groups in total. The highest BCUT2D eigenvalue weighted by molar-refractivity contribution is 5.68. The highest BCUT2D eigenvalue weighted by Crippen LogP contribution is 2.20. The molecule has 0 aromatic heterocycles. The van der Waals surface area contributed by atoms with E-state index < -0.39 is 0 Å². The van der Waals surface area contributed by atoms with Crippen LogP contribution < -0.4 is 0 Å². The molecule has 0 spiro atoms. The van der Waals surface area contributed by atoms with Gasteiger partial charge in [-0.25, -0.2) is 4.99 Å². The SMILES string of the molecule is C=C(N=C=NC1CCCCC1)c1ccc(C)cc1. The zero-order valence-electron chi connectivity index (χ0n) is 11.0. The predicted octanol–water partition coefficient (Wildman–Crippen LogP) is 4.47. The molecule has 0 unspecified atom stereocenters. The minimum Gasteiger partial charge on any atom is -0.222 e. The molecule has 0 amide bonds. The van der Waals surface area contributed by atoms with Crippen molar-refractivity contribution in [3.8, 4) is 0 Å². The Balaban J connectivity index is 1.97. The van der Waals surface area contributed by atoms with Crippen LogP contribution in [0.25, 0.3) is 5.70 Å². The molecule has 1 aromatic rings. The molecule has 0 radical (unpaired) electrons. The third-order valence-electron chi connectivity index (χ3n) is 3.38. The van der Waals surface area contributed by atoms with Gasteiger partial charge in [-0.05, 0) is 19.8 Å². The van der Waals surface area contributed by atoms with Crippen LogP contribution >= 0.6 is 0 Å². The monoisotopic (exact) mass is 240 g/mol. The summed E-state index contributed by atoms with van der Waals surface area (Å²) in [4.78, 5) is 8.60. The Morgan fingerprint density at radius 3 is 2.50 bits per heavy atom. The van der Waals surface area contributed by atoms with Gasteiger partial charge in [0.25, 0.3) is 0 Å². The fourth-order valence-electron chi connectivity index (χ4n) is 2.19. The number of rotatable bonds is 3. The van der Waals surface area contributed by atoms with Crippen molar-refractivity contribution in [3.05, 3.63) is 42.0 Å². The van der Waals surface area contributed by atoms with E-state index in [1.54, 1.807) is 0 Å². The average Bonchev–Trinajstić information content (AvgIpc) is 2.40. The van der Waals surface area contributed by atoms with Gasteiger partial charge in [-0.2, -0.15) is 4.99 Å². The number of benzene rings is 1. The highest BCUT2D eigenvalue weighted by Gasteiger charge is 2.10. The lowest BCUT2D eigenvalue weighted by molar-refractivity contribution is 0.444. The summed E-state index contributed by atoms with van der Waals surface area (Å²) in [6.07, 6.45) is 6.28. The Bertz CT molecular complexity index is 458. The summed E-state index contributed by atoms with van der Waals surface area (Å²) in [6.45, 7) is 6.02. The van der Waals surface area contributed by atoms with Crippen LogP contribution in [-0.2, 0) is 0 Å². The van der Waals surface area contributed by atoms with Gasteiger partial charge in [0.05, 0.1) is 17.7 Å². The fraction of sp³-hybridized carbons (Fsp3) is 0.438. The van der Waals surface area contributed by atoms with Crippen molar-refractivity contribution in [1.29, 1.82) is 0 Å². The molecular weight excluding hydrogens is 220 g/mol. The van der Waals surface area contributed by atoms with E-state index >= 15 is 0 Å². The second kappa shape index (κ2) is 6.32. The molecule has 0 saturated heterocycles. The molecule has 1 aromatic carbocycles. The molecule has 1 aliphatic carbocycles. The summed E-state index contributed by atoms with van der Waals surface area (Å²) in [7, 11) is 0. The maximum Gasteiger partial charge on any atom is 0.0951 e. The van der Waals surface area contributed by atoms with Gasteiger partial charge in [-0.3, -0.25) is 0 Å². The second-order valence-corrected chi connectivity index (χ2v) is 4.95. The minimum atomic E-state index is 0.424. The smallest absolute Gasteiger partial charge is 0.0951 e. The van der Waals surface area contributed by atoms with Gasteiger partial charge in [-0.1, -0.05) is 55.7 Å². The Morgan fingerprint density at radius 1 is 1.17 bits per heavy atom. The average molecular weight is 240 g/mol. The number of nitrogens with zero attached hydrogens (tertiary/aromatic N) is 2. The van der Waals surface area contributed by atoms with Crippen molar-refractivity contribution >= 4 is 11.7 Å². The second-order valence-electron chi connectivity index (χ2n) is 4.95. The van der Waals surface area contributed by atoms with Gasteiger partial charge >= 0.3 is 0 Å². The quantitative estimate of drug-likeness (QED) is 0.696. The Hall–Kier alpha value is -1.66. The first-order valence-corrected chi connectivity index (χ1v) is 6.67. The van der Waals surface area contributed by atoms with Crippen LogP contribution in [0.4, 0.5) is 0 Å². The van der Waals surface area contributed by atoms with E-state index in [0.717, 1.165) is 11.3 Å². The van der Waals surface area contributed by atoms with Gasteiger partial charge < -0.3 is 0 Å². The van der Waals surface area contributed by atoms with E-state index in [9.17, 15) is 0 Å². The summed E-state index contributed by atoms with van der Waals surface area (Å²) >= 11 is 0. The molecule has 94 valence electrons. The molecule has 18 heavy (non-hydrogen) atoms. The van der Waals surface area contributed by atoms with Gasteiger partial charge in [0.1, 0.15) is 0 Å². The molecule has 1 aliphatic rings. The zero-order chi connectivity index (χ0) is 12.8. The van der Waals surface area contributed by atoms with Crippen molar-refractivity contribution in [2.45, 2.75) is 45.1 Å². The van der Waals surface area contributed by atoms with Crippen LogP contribution in [-0.4, -0.2) is 12.1 Å². The normalized spacial score (nSPS) is 15.8. The first kappa shape index (κ1) is 12.8. The molecular formula is C16H20N2. The summed E-state index contributed by atoms with van der Waals surface area (Å²) in [5.41, 5.74) is 3.01. The molecule has 0 heterocycles. The van der Waals surface area contributed by atoms with Crippen LogP contribution in [0.15, 0.2) is 40.8 Å². The molecule has 2 heteroatoms. The predicted molar refractivity (Wildman–Crippen MR) is 76.9 cm³/mol. The molecule has 0 atom stereocenters. The van der Waals surface area contributed by atoms with E-state index in [2.05, 4.69) is 41.6 Å². The third-order valence-corrected chi connectivity index (χ3v) is 3.38. The zero-order valence-corrected chi connectivity index (χ0v) is 11.0. The van der Waals surface area contributed by atoms with E-state index in [0.29, 0.717) is 6.04 Å². The van der Waals surface area contributed by atoms with Crippen LogP contribution in [0.3, 0.4) is 0 Å². The van der Waals surface area contributed by atoms with E-state index in [4.69, 9.17) is 0 Å². The van der Waals surface area contributed by atoms with Gasteiger partial charge in [0, 0.05) is 5.56 Å². The molecule has 0 bridgehead atoms. The van der Waals surface area contributed by atoms with Gasteiger partial charge in [-0.15, -0.1) is 0 Å². The van der Waals surface area contributed by atoms with Crippen LogP contribution in [0.5, 0.6) is 0 Å². The van der Waals surface area contributed by atoms with Crippen molar-refractivity contribution in [2.75, 3.05) is 0 Å². The van der Waals surface area contributed by atoms with Crippen LogP contribution in [0, 0.1) is 6.92 Å². The van der Waals surface area contributed by atoms with Crippen molar-refractivity contribution in [1.82, 2.24) is 0 Å². The third kappa shape index (κ3) is 3.68. The molecule has 1 saturated carbocycles. The maximum absolute atomic E-state index is 4.39. The Kier molecular flexibility index (Phi) is 4.49. The van der Waals surface area contributed by atoms with Crippen molar-refractivity contribution < 1.29 is 0 Å². The molecule has 0 aliphatic heterocycles. The maximum atomic E-state index is 4.39. The standard InChI is InChI=1S/C16H20N2/c1-13-8-10-15(11-9-13)14(2)17-12-18-16-6-4-3-5-7-16/h8-11,16H,2-7H2,1H3. The van der Waals surface area contributed by atoms with Gasteiger partial charge in [0.15, 0.2) is 0 Å². The number of aryl methyl sites for hydroxylation is 1. The molecule has 2 nitrogen and oxygen atoms in total. The first-order valence-electron chi connectivity index (χ1n) is 6.67. The summed E-state index contributed by atoms with van der Waals surface area (Å²) < 4.78 is 0. The molecule has 2 rings (SSSR count). The minimum absolute atomic E-state index is 0.424. The summed E-state index contributed by atoms with van der Waals surface area (Å²) in [5.74, 6) is 0. The lowest BCUT2D eigenvalue weighted by Gasteiger charge is -2.15. The lowest BCUT2D eigenvalue weighted by atomic mass is 9.96. The topological polar surface area (TPSA) is 24.7 Å².